The third-order valence-electron chi connectivity index (χ3n) is 3.41. The number of methoxy groups -OCH3 is 1. The number of thioether (sulfide) groups is 1. The first-order chi connectivity index (χ1) is 8.66. The molecule has 1 aromatic rings. The largest absolute Gasteiger partial charge is 0.494 e. The molecule has 1 saturated carbocycles. The predicted octanol–water partition coefficient (Wildman–Crippen LogP) is 3.79. The van der Waals surface area contributed by atoms with Crippen LogP contribution in [0.25, 0.3) is 0 Å². The van der Waals surface area contributed by atoms with Crippen LogP contribution >= 0.6 is 23.4 Å². The van der Waals surface area contributed by atoms with Crippen LogP contribution in [0.3, 0.4) is 0 Å². The van der Waals surface area contributed by atoms with Gasteiger partial charge in [0, 0.05) is 0 Å². The summed E-state index contributed by atoms with van der Waals surface area (Å²) in [5.41, 5.74) is 0.564. The maximum atomic E-state index is 10.6. The first-order valence-corrected chi connectivity index (χ1v) is 7.28. The quantitative estimate of drug-likeness (QED) is 0.479. The third kappa shape index (κ3) is 2.16. The normalized spacial score (nSPS) is 16.6. The SMILES string of the molecule is COc1c(Cl)cc(C2(N=C=O)CCC2)cc1SC. The molecule has 0 atom stereocenters. The topological polar surface area (TPSA) is 38.7 Å². The van der Waals surface area contributed by atoms with Crippen LogP contribution < -0.4 is 4.74 Å². The molecule has 0 spiro atoms. The summed E-state index contributed by atoms with van der Waals surface area (Å²) in [6, 6.07) is 3.86. The summed E-state index contributed by atoms with van der Waals surface area (Å²) in [4.78, 5) is 15.5. The molecule has 1 aliphatic rings. The number of carbonyl (C=O) groups excluding carboxylic acids is 1. The van der Waals surface area contributed by atoms with E-state index in [2.05, 4.69) is 4.99 Å². The van der Waals surface area contributed by atoms with Gasteiger partial charge in [-0.1, -0.05) is 11.6 Å². The fraction of sp³-hybridized carbons (Fsp3) is 0.462. The average Bonchev–Trinajstić information content (AvgIpc) is 2.32. The zero-order valence-corrected chi connectivity index (χ0v) is 11.9. The number of aliphatic imine (C=N–C) groups is 1. The molecule has 0 amide bonds. The van der Waals surface area contributed by atoms with Gasteiger partial charge < -0.3 is 4.74 Å². The first-order valence-electron chi connectivity index (χ1n) is 5.68. The molecule has 96 valence electrons. The highest BCUT2D eigenvalue weighted by Crippen LogP contribution is 2.48. The molecule has 0 bridgehead atoms. The van der Waals surface area contributed by atoms with Gasteiger partial charge in [-0.25, -0.2) is 4.79 Å². The van der Waals surface area contributed by atoms with E-state index in [0.717, 1.165) is 29.7 Å². The van der Waals surface area contributed by atoms with E-state index in [0.29, 0.717) is 10.8 Å². The molecular formula is C13H14ClNO2S. The molecule has 1 fully saturated rings. The summed E-state index contributed by atoms with van der Waals surface area (Å²) >= 11 is 7.79. The van der Waals surface area contributed by atoms with E-state index in [-0.39, 0.29) is 0 Å². The number of nitrogens with zero attached hydrogens (tertiary/aromatic N) is 1. The first kappa shape index (κ1) is 13.5. The van der Waals surface area contributed by atoms with E-state index >= 15 is 0 Å². The minimum absolute atomic E-state index is 0.415. The van der Waals surface area contributed by atoms with Crippen LogP contribution in [-0.2, 0) is 10.3 Å². The van der Waals surface area contributed by atoms with Gasteiger partial charge in [0.2, 0.25) is 6.08 Å². The molecule has 0 saturated heterocycles. The smallest absolute Gasteiger partial charge is 0.235 e. The highest BCUT2D eigenvalue weighted by Gasteiger charge is 2.39. The van der Waals surface area contributed by atoms with Crippen molar-refractivity contribution in [2.45, 2.75) is 29.7 Å². The Labute approximate surface area is 116 Å². The second kappa shape index (κ2) is 5.35. The van der Waals surface area contributed by atoms with Crippen molar-refractivity contribution in [2.75, 3.05) is 13.4 Å². The van der Waals surface area contributed by atoms with Crippen LogP contribution in [0.2, 0.25) is 5.02 Å². The molecule has 3 nitrogen and oxygen atoms in total. The number of rotatable bonds is 4. The van der Waals surface area contributed by atoms with Gasteiger partial charge in [0.25, 0.3) is 0 Å². The Hall–Kier alpha value is -0.960. The summed E-state index contributed by atoms with van der Waals surface area (Å²) < 4.78 is 5.29. The fourth-order valence-corrected chi connectivity index (χ4v) is 3.23. The molecule has 0 N–H and O–H groups in total. The van der Waals surface area contributed by atoms with Gasteiger partial charge in [-0.3, -0.25) is 0 Å². The predicted molar refractivity (Wildman–Crippen MR) is 73.4 cm³/mol. The van der Waals surface area contributed by atoms with Crippen LogP contribution in [0.15, 0.2) is 22.0 Å². The maximum Gasteiger partial charge on any atom is 0.235 e. The third-order valence-corrected chi connectivity index (χ3v) is 4.44. The van der Waals surface area contributed by atoms with Crippen molar-refractivity contribution in [2.24, 2.45) is 4.99 Å². The van der Waals surface area contributed by atoms with Crippen molar-refractivity contribution >= 4 is 29.4 Å². The summed E-state index contributed by atoms with van der Waals surface area (Å²) in [6.45, 7) is 0. The maximum absolute atomic E-state index is 10.6. The van der Waals surface area contributed by atoms with Crippen LogP contribution in [0.5, 0.6) is 5.75 Å². The lowest BCUT2D eigenvalue weighted by Gasteiger charge is -2.37. The van der Waals surface area contributed by atoms with Gasteiger partial charge in [-0.2, -0.15) is 4.99 Å². The molecule has 1 aromatic carbocycles. The number of halogens is 1. The molecule has 0 unspecified atom stereocenters. The molecule has 0 radical (unpaired) electrons. The lowest BCUT2D eigenvalue weighted by molar-refractivity contribution is 0.255. The van der Waals surface area contributed by atoms with E-state index in [9.17, 15) is 4.79 Å². The van der Waals surface area contributed by atoms with E-state index in [4.69, 9.17) is 16.3 Å². The summed E-state index contributed by atoms with van der Waals surface area (Å²) in [7, 11) is 1.60. The van der Waals surface area contributed by atoms with Crippen molar-refractivity contribution in [3.05, 3.63) is 22.7 Å². The lowest BCUT2D eigenvalue weighted by atomic mass is 9.72. The Balaban J connectivity index is 2.52. The highest BCUT2D eigenvalue weighted by molar-refractivity contribution is 7.98. The van der Waals surface area contributed by atoms with Crippen molar-refractivity contribution in [3.8, 4) is 5.75 Å². The second-order valence-electron chi connectivity index (χ2n) is 4.28. The molecule has 5 heteroatoms. The Morgan fingerprint density at radius 1 is 1.50 bits per heavy atom. The Bertz CT molecular complexity index is 508. The van der Waals surface area contributed by atoms with Gasteiger partial charge in [-0.05, 0) is 43.2 Å². The molecule has 0 aliphatic heterocycles. The van der Waals surface area contributed by atoms with Crippen LogP contribution in [0, 0.1) is 0 Å². The highest BCUT2D eigenvalue weighted by atomic mass is 35.5. The lowest BCUT2D eigenvalue weighted by Crippen LogP contribution is -2.31. The summed E-state index contributed by atoms with van der Waals surface area (Å²) in [5.74, 6) is 0.678. The number of benzene rings is 1. The van der Waals surface area contributed by atoms with Crippen LogP contribution in [0.4, 0.5) is 0 Å². The van der Waals surface area contributed by atoms with Gasteiger partial charge in [0.1, 0.15) is 0 Å². The van der Waals surface area contributed by atoms with Crippen molar-refractivity contribution in [1.29, 1.82) is 0 Å². The molecule has 18 heavy (non-hydrogen) atoms. The van der Waals surface area contributed by atoms with Crippen LogP contribution in [0.1, 0.15) is 24.8 Å². The molecule has 0 aromatic heterocycles. The molecule has 2 rings (SSSR count). The summed E-state index contributed by atoms with van der Waals surface area (Å²) in [5, 5.41) is 0.562. The van der Waals surface area contributed by atoms with E-state index < -0.39 is 5.54 Å². The zero-order valence-electron chi connectivity index (χ0n) is 10.3. The minimum atomic E-state index is -0.415. The Morgan fingerprint density at radius 2 is 2.22 bits per heavy atom. The second-order valence-corrected chi connectivity index (χ2v) is 5.54. The van der Waals surface area contributed by atoms with Gasteiger partial charge in [0.05, 0.1) is 22.6 Å². The number of isocyanates is 1. The van der Waals surface area contributed by atoms with E-state index in [1.165, 1.54) is 0 Å². The average molecular weight is 284 g/mol. The fourth-order valence-electron chi connectivity index (χ4n) is 2.25. The molecule has 0 heterocycles. The van der Waals surface area contributed by atoms with Crippen LogP contribution in [-0.4, -0.2) is 19.4 Å². The van der Waals surface area contributed by atoms with E-state index in [1.807, 2.05) is 18.4 Å². The number of hydrogen-bond donors (Lipinski definition) is 0. The Kier molecular flexibility index (Phi) is 4.00. The Morgan fingerprint density at radius 3 is 2.67 bits per heavy atom. The number of hydrogen-bond acceptors (Lipinski definition) is 4. The van der Waals surface area contributed by atoms with Gasteiger partial charge in [0.15, 0.2) is 5.75 Å². The van der Waals surface area contributed by atoms with Gasteiger partial charge >= 0.3 is 0 Å². The standard InChI is InChI=1S/C13H14ClNO2S/c1-17-12-10(14)6-9(7-11(12)18-2)13(15-8-16)4-3-5-13/h6-7H,3-5H2,1-2H3. The zero-order chi connectivity index (χ0) is 13.2. The minimum Gasteiger partial charge on any atom is -0.494 e. The van der Waals surface area contributed by atoms with Crippen molar-refractivity contribution < 1.29 is 9.53 Å². The van der Waals surface area contributed by atoms with E-state index in [1.54, 1.807) is 25.0 Å². The van der Waals surface area contributed by atoms with Gasteiger partial charge in [-0.15, -0.1) is 11.8 Å². The monoisotopic (exact) mass is 283 g/mol. The van der Waals surface area contributed by atoms with Crippen molar-refractivity contribution in [3.63, 3.8) is 0 Å². The number of ether oxygens (including phenoxy) is 1. The summed E-state index contributed by atoms with van der Waals surface area (Å²) in [6.07, 6.45) is 6.48. The molecule has 1 aliphatic carbocycles. The molecular weight excluding hydrogens is 270 g/mol. The van der Waals surface area contributed by atoms with Crippen molar-refractivity contribution in [1.82, 2.24) is 0 Å².